The van der Waals surface area contributed by atoms with Gasteiger partial charge in [-0.1, -0.05) is 48.0 Å². The topological polar surface area (TPSA) is 64.1 Å². The number of methoxy groups -OCH3 is 1. The Labute approximate surface area is 160 Å². The van der Waals surface area contributed by atoms with Crippen LogP contribution >= 0.6 is 11.6 Å². The van der Waals surface area contributed by atoms with Crippen molar-refractivity contribution in [3.8, 4) is 0 Å². The molecule has 0 atom stereocenters. The summed E-state index contributed by atoms with van der Waals surface area (Å²) in [7, 11) is 1.18. The number of ketones is 1. The van der Waals surface area contributed by atoms with Crippen molar-refractivity contribution in [3.05, 3.63) is 71.0 Å². The van der Waals surface area contributed by atoms with Crippen LogP contribution in [0.15, 0.2) is 54.7 Å². The maximum absolute atomic E-state index is 12.5. The number of benzene rings is 2. The number of aromatic amines is 1. The van der Waals surface area contributed by atoms with Crippen LogP contribution in [0, 0.1) is 0 Å². The molecular formula is C21H17ClN2O3. The van der Waals surface area contributed by atoms with Gasteiger partial charge in [-0.25, -0.2) is 4.79 Å². The molecule has 0 aliphatic rings. The Kier molecular flexibility index (Phi) is 4.46. The van der Waals surface area contributed by atoms with Gasteiger partial charge in [0.05, 0.1) is 12.7 Å². The van der Waals surface area contributed by atoms with E-state index in [1.54, 1.807) is 6.07 Å². The van der Waals surface area contributed by atoms with Crippen molar-refractivity contribution < 1.29 is 14.3 Å². The number of nitrogens with one attached hydrogen (secondary N) is 1. The van der Waals surface area contributed by atoms with Crippen molar-refractivity contribution in [2.24, 2.45) is 0 Å². The number of ether oxygens (including phenoxy) is 1. The SMILES string of the molecule is COC(=O)C(=O)c1c(Cl)n(CCc2c[nH]c3ccccc23)c2ccccc12. The van der Waals surface area contributed by atoms with Gasteiger partial charge in [-0.2, -0.15) is 0 Å². The molecule has 6 heteroatoms. The smallest absolute Gasteiger partial charge is 0.379 e. The summed E-state index contributed by atoms with van der Waals surface area (Å²) in [6, 6.07) is 15.5. The molecule has 0 spiro atoms. The Balaban J connectivity index is 1.75. The first-order valence-electron chi connectivity index (χ1n) is 8.56. The zero-order valence-corrected chi connectivity index (χ0v) is 15.4. The Morgan fingerprint density at radius 1 is 1.07 bits per heavy atom. The molecule has 136 valence electrons. The lowest BCUT2D eigenvalue weighted by Gasteiger charge is -2.07. The number of esters is 1. The number of H-pyrrole nitrogens is 1. The highest BCUT2D eigenvalue weighted by Gasteiger charge is 2.26. The lowest BCUT2D eigenvalue weighted by molar-refractivity contribution is -0.135. The second-order valence-electron chi connectivity index (χ2n) is 6.26. The van der Waals surface area contributed by atoms with Crippen molar-refractivity contribution in [2.75, 3.05) is 7.11 Å². The van der Waals surface area contributed by atoms with Crippen molar-refractivity contribution in [3.63, 3.8) is 0 Å². The fourth-order valence-electron chi connectivity index (χ4n) is 3.47. The molecule has 2 aromatic carbocycles. The van der Waals surface area contributed by atoms with Gasteiger partial charge in [0.15, 0.2) is 0 Å². The Bertz CT molecular complexity index is 1170. The van der Waals surface area contributed by atoms with E-state index in [0.29, 0.717) is 11.9 Å². The van der Waals surface area contributed by atoms with E-state index in [4.69, 9.17) is 11.6 Å². The van der Waals surface area contributed by atoms with Crippen LogP contribution in [0.1, 0.15) is 15.9 Å². The number of halogens is 1. The molecule has 1 N–H and O–H groups in total. The molecule has 0 saturated carbocycles. The fraction of sp³-hybridized carbons (Fsp3) is 0.143. The molecule has 0 radical (unpaired) electrons. The van der Waals surface area contributed by atoms with Gasteiger partial charge in [0.25, 0.3) is 5.78 Å². The van der Waals surface area contributed by atoms with Crippen molar-refractivity contribution in [1.29, 1.82) is 0 Å². The van der Waals surface area contributed by atoms with Gasteiger partial charge in [-0.3, -0.25) is 4.79 Å². The predicted molar refractivity (Wildman–Crippen MR) is 105 cm³/mol. The molecule has 0 amide bonds. The first kappa shape index (κ1) is 17.4. The van der Waals surface area contributed by atoms with Crippen LogP contribution < -0.4 is 0 Å². The van der Waals surface area contributed by atoms with Crippen LogP contribution in [0.5, 0.6) is 0 Å². The molecular weight excluding hydrogens is 364 g/mol. The third kappa shape index (κ3) is 2.90. The number of hydrogen-bond acceptors (Lipinski definition) is 3. The van der Waals surface area contributed by atoms with E-state index in [1.807, 2.05) is 47.2 Å². The van der Waals surface area contributed by atoms with E-state index in [1.165, 1.54) is 12.7 Å². The monoisotopic (exact) mass is 380 g/mol. The van der Waals surface area contributed by atoms with E-state index in [9.17, 15) is 9.59 Å². The first-order valence-corrected chi connectivity index (χ1v) is 8.94. The number of fused-ring (bicyclic) bond motifs is 2. The molecule has 4 aromatic rings. The molecule has 0 fully saturated rings. The number of carbonyl (C=O) groups is 2. The van der Waals surface area contributed by atoms with E-state index in [-0.39, 0.29) is 10.7 Å². The molecule has 0 unspecified atom stereocenters. The molecule has 2 aromatic heterocycles. The van der Waals surface area contributed by atoms with Gasteiger partial charge in [-0.15, -0.1) is 0 Å². The summed E-state index contributed by atoms with van der Waals surface area (Å²) in [4.78, 5) is 27.5. The molecule has 0 bridgehead atoms. The molecule has 0 aliphatic carbocycles. The number of carbonyl (C=O) groups excluding carboxylic acids is 2. The number of aryl methyl sites for hydroxylation is 2. The van der Waals surface area contributed by atoms with Crippen molar-refractivity contribution in [2.45, 2.75) is 13.0 Å². The van der Waals surface area contributed by atoms with Crippen LogP contribution in [-0.4, -0.2) is 28.4 Å². The second-order valence-corrected chi connectivity index (χ2v) is 6.62. The predicted octanol–water partition coefficient (Wildman–Crippen LogP) is 4.37. The summed E-state index contributed by atoms with van der Waals surface area (Å²) in [5.41, 5.74) is 3.26. The van der Waals surface area contributed by atoms with Crippen LogP contribution in [0.3, 0.4) is 0 Å². The van der Waals surface area contributed by atoms with E-state index in [0.717, 1.165) is 22.8 Å². The zero-order chi connectivity index (χ0) is 19.0. The Morgan fingerprint density at radius 2 is 1.78 bits per heavy atom. The van der Waals surface area contributed by atoms with E-state index in [2.05, 4.69) is 15.8 Å². The van der Waals surface area contributed by atoms with Gasteiger partial charge in [0.1, 0.15) is 5.15 Å². The quantitative estimate of drug-likeness (QED) is 0.317. The fourth-order valence-corrected chi connectivity index (χ4v) is 3.84. The van der Waals surface area contributed by atoms with Gasteiger partial charge in [0, 0.05) is 34.5 Å². The van der Waals surface area contributed by atoms with Crippen LogP contribution in [0.2, 0.25) is 5.15 Å². The van der Waals surface area contributed by atoms with Gasteiger partial charge < -0.3 is 14.3 Å². The second kappa shape index (κ2) is 6.93. The maximum atomic E-state index is 12.5. The standard InChI is InChI=1S/C21H17ClN2O3/c1-27-21(26)19(25)18-15-7-3-5-9-17(15)24(20(18)22)11-10-13-12-23-16-8-4-2-6-14(13)16/h2-9,12,23H,10-11H2,1H3. The zero-order valence-electron chi connectivity index (χ0n) is 14.7. The number of hydrogen-bond donors (Lipinski definition) is 1. The average molecular weight is 381 g/mol. The highest BCUT2D eigenvalue weighted by Crippen LogP contribution is 2.31. The molecule has 0 aliphatic heterocycles. The number of nitrogens with zero attached hydrogens (tertiary/aromatic N) is 1. The van der Waals surface area contributed by atoms with Crippen molar-refractivity contribution >= 4 is 45.2 Å². The number of aromatic nitrogens is 2. The molecule has 4 rings (SSSR count). The minimum absolute atomic E-state index is 0.193. The average Bonchev–Trinajstić information content (AvgIpc) is 3.23. The third-order valence-electron chi connectivity index (χ3n) is 4.78. The molecule has 27 heavy (non-hydrogen) atoms. The minimum atomic E-state index is -0.920. The minimum Gasteiger partial charge on any atom is -0.463 e. The lowest BCUT2D eigenvalue weighted by Crippen LogP contribution is -2.16. The maximum Gasteiger partial charge on any atom is 0.379 e. The Morgan fingerprint density at radius 3 is 2.56 bits per heavy atom. The summed E-state index contributed by atoms with van der Waals surface area (Å²) in [6.45, 7) is 0.579. The normalized spacial score (nSPS) is 11.2. The first-order chi connectivity index (χ1) is 13.1. The van der Waals surface area contributed by atoms with Gasteiger partial charge >= 0.3 is 5.97 Å². The third-order valence-corrected chi connectivity index (χ3v) is 5.18. The summed E-state index contributed by atoms with van der Waals surface area (Å²) < 4.78 is 6.46. The Hall–Kier alpha value is -3.05. The summed E-state index contributed by atoms with van der Waals surface area (Å²) in [5.74, 6) is -1.65. The van der Waals surface area contributed by atoms with Gasteiger partial charge in [-0.05, 0) is 24.1 Å². The summed E-state index contributed by atoms with van der Waals surface area (Å²) in [5, 5.41) is 2.07. The number of rotatable bonds is 5. The molecule has 0 saturated heterocycles. The van der Waals surface area contributed by atoms with Crippen LogP contribution in [-0.2, 0) is 22.5 Å². The highest BCUT2D eigenvalue weighted by molar-refractivity contribution is 6.48. The largest absolute Gasteiger partial charge is 0.463 e. The van der Waals surface area contributed by atoms with Gasteiger partial charge in [0.2, 0.25) is 0 Å². The van der Waals surface area contributed by atoms with E-state index < -0.39 is 11.8 Å². The van der Waals surface area contributed by atoms with Crippen LogP contribution in [0.25, 0.3) is 21.8 Å². The lowest BCUT2D eigenvalue weighted by atomic mass is 10.1. The summed E-state index contributed by atoms with van der Waals surface area (Å²) >= 11 is 6.53. The molecule has 5 nitrogen and oxygen atoms in total. The van der Waals surface area contributed by atoms with Crippen LogP contribution in [0.4, 0.5) is 0 Å². The molecule has 2 heterocycles. The van der Waals surface area contributed by atoms with E-state index >= 15 is 0 Å². The van der Waals surface area contributed by atoms with Crippen molar-refractivity contribution in [1.82, 2.24) is 9.55 Å². The number of para-hydroxylation sites is 2. The summed E-state index contributed by atoms with van der Waals surface area (Å²) in [6.07, 6.45) is 2.72. The number of Topliss-reactive ketones (excluding diaryl/α,β-unsaturated/α-hetero) is 1. The highest BCUT2D eigenvalue weighted by atomic mass is 35.5.